The molecule has 110 valence electrons. The first-order chi connectivity index (χ1) is 10.0. The van der Waals surface area contributed by atoms with Gasteiger partial charge in [0.25, 0.3) is 5.91 Å². The van der Waals surface area contributed by atoms with Gasteiger partial charge in [-0.2, -0.15) is 0 Å². The predicted molar refractivity (Wildman–Crippen MR) is 88.4 cm³/mol. The van der Waals surface area contributed by atoms with E-state index in [-0.39, 0.29) is 5.91 Å². The first-order valence-electron chi connectivity index (χ1n) is 6.53. The first kappa shape index (κ1) is 15.7. The molecule has 0 heterocycles. The Morgan fingerprint density at radius 1 is 1.14 bits per heavy atom. The normalized spacial score (nSPS) is 10.3. The van der Waals surface area contributed by atoms with Crippen LogP contribution in [0.15, 0.2) is 36.4 Å². The summed E-state index contributed by atoms with van der Waals surface area (Å²) in [6.45, 7) is 2.45. The van der Waals surface area contributed by atoms with Crippen molar-refractivity contribution in [2.24, 2.45) is 0 Å². The molecule has 0 saturated heterocycles. The molecule has 0 aromatic heterocycles. The van der Waals surface area contributed by atoms with E-state index in [1.165, 1.54) is 0 Å². The van der Waals surface area contributed by atoms with Crippen LogP contribution in [0.1, 0.15) is 21.5 Å². The molecule has 2 aromatic rings. The lowest BCUT2D eigenvalue weighted by atomic mass is 10.1. The van der Waals surface area contributed by atoms with Gasteiger partial charge in [0.05, 0.1) is 10.0 Å². The molecule has 0 unspecified atom stereocenters. The Labute approximate surface area is 134 Å². The molecule has 2 aromatic carbocycles. The summed E-state index contributed by atoms with van der Waals surface area (Å²) in [4.78, 5) is 11.8. The van der Waals surface area contributed by atoms with Crippen molar-refractivity contribution in [3.63, 3.8) is 0 Å². The van der Waals surface area contributed by atoms with Gasteiger partial charge >= 0.3 is 0 Å². The fourth-order valence-corrected chi connectivity index (χ4v) is 2.47. The Kier molecular flexibility index (Phi) is 5.10. The SMILES string of the molecule is CNC(=O)c1cccc(NCc2cccc(Cl)c2Cl)c1C. The molecule has 0 bridgehead atoms. The summed E-state index contributed by atoms with van der Waals surface area (Å²) in [7, 11) is 1.62. The van der Waals surface area contributed by atoms with Crippen LogP contribution in [0, 0.1) is 6.92 Å². The van der Waals surface area contributed by atoms with Crippen molar-refractivity contribution in [2.45, 2.75) is 13.5 Å². The maximum Gasteiger partial charge on any atom is 0.251 e. The maximum atomic E-state index is 11.8. The standard InChI is InChI=1S/C16H16Cl2N2O/c1-10-12(16(21)19-2)6-4-8-14(10)20-9-11-5-3-7-13(17)15(11)18/h3-8,20H,9H2,1-2H3,(H,19,21). The van der Waals surface area contributed by atoms with Gasteiger partial charge in [-0.05, 0) is 36.2 Å². The number of hydrogen-bond acceptors (Lipinski definition) is 2. The molecule has 0 aliphatic rings. The van der Waals surface area contributed by atoms with Gasteiger partial charge in [0, 0.05) is 24.8 Å². The molecule has 3 nitrogen and oxygen atoms in total. The van der Waals surface area contributed by atoms with Crippen molar-refractivity contribution >= 4 is 34.8 Å². The summed E-state index contributed by atoms with van der Waals surface area (Å²) >= 11 is 12.2. The smallest absolute Gasteiger partial charge is 0.251 e. The number of rotatable bonds is 4. The van der Waals surface area contributed by atoms with Gasteiger partial charge in [-0.15, -0.1) is 0 Å². The average Bonchev–Trinajstić information content (AvgIpc) is 2.49. The third-order valence-electron chi connectivity index (χ3n) is 3.31. The highest BCUT2D eigenvalue weighted by Gasteiger charge is 2.10. The van der Waals surface area contributed by atoms with Gasteiger partial charge in [0.1, 0.15) is 0 Å². The molecule has 0 fully saturated rings. The van der Waals surface area contributed by atoms with E-state index in [4.69, 9.17) is 23.2 Å². The lowest BCUT2D eigenvalue weighted by Gasteiger charge is -2.13. The number of benzene rings is 2. The minimum Gasteiger partial charge on any atom is -0.381 e. The van der Waals surface area contributed by atoms with E-state index in [0.29, 0.717) is 22.2 Å². The van der Waals surface area contributed by atoms with E-state index in [2.05, 4.69) is 10.6 Å². The second-order valence-corrected chi connectivity index (χ2v) is 5.41. The molecule has 0 saturated carbocycles. The summed E-state index contributed by atoms with van der Waals surface area (Å²) in [5.74, 6) is -0.100. The number of carbonyl (C=O) groups excluding carboxylic acids is 1. The van der Waals surface area contributed by atoms with E-state index < -0.39 is 0 Å². The van der Waals surface area contributed by atoms with Crippen LogP contribution >= 0.6 is 23.2 Å². The molecule has 0 aliphatic carbocycles. The molecule has 0 atom stereocenters. The van der Waals surface area contributed by atoms with Crippen molar-refractivity contribution in [1.82, 2.24) is 5.32 Å². The number of hydrogen-bond donors (Lipinski definition) is 2. The molecule has 0 aliphatic heterocycles. The number of anilines is 1. The monoisotopic (exact) mass is 322 g/mol. The average molecular weight is 323 g/mol. The highest BCUT2D eigenvalue weighted by atomic mass is 35.5. The number of amides is 1. The lowest BCUT2D eigenvalue weighted by molar-refractivity contribution is 0.0962. The van der Waals surface area contributed by atoms with Crippen LogP contribution in [0.4, 0.5) is 5.69 Å². The van der Waals surface area contributed by atoms with E-state index in [1.807, 2.05) is 31.2 Å². The summed E-state index contributed by atoms with van der Waals surface area (Å²) in [5, 5.41) is 7.01. The van der Waals surface area contributed by atoms with Crippen LogP contribution in [0.5, 0.6) is 0 Å². The summed E-state index contributed by atoms with van der Waals surface area (Å²) in [5.41, 5.74) is 3.36. The van der Waals surface area contributed by atoms with Gasteiger partial charge in [-0.3, -0.25) is 4.79 Å². The Morgan fingerprint density at radius 2 is 1.86 bits per heavy atom. The third-order valence-corrected chi connectivity index (χ3v) is 4.16. The Hall–Kier alpha value is -1.71. The van der Waals surface area contributed by atoms with Crippen molar-refractivity contribution in [3.05, 3.63) is 63.1 Å². The zero-order valence-corrected chi connectivity index (χ0v) is 13.3. The lowest BCUT2D eigenvalue weighted by Crippen LogP contribution is -2.19. The van der Waals surface area contributed by atoms with Crippen molar-refractivity contribution < 1.29 is 4.79 Å². The van der Waals surface area contributed by atoms with Gasteiger partial charge in [-0.25, -0.2) is 0 Å². The number of nitrogens with one attached hydrogen (secondary N) is 2. The van der Waals surface area contributed by atoms with Crippen molar-refractivity contribution in [3.8, 4) is 0 Å². The molecule has 2 rings (SSSR count). The van der Waals surface area contributed by atoms with Crippen LogP contribution in [0.25, 0.3) is 0 Å². The molecule has 0 spiro atoms. The largest absolute Gasteiger partial charge is 0.381 e. The Morgan fingerprint density at radius 3 is 2.57 bits per heavy atom. The topological polar surface area (TPSA) is 41.1 Å². The van der Waals surface area contributed by atoms with Crippen LogP contribution in [-0.2, 0) is 6.54 Å². The third kappa shape index (κ3) is 3.49. The number of carbonyl (C=O) groups is 1. The van der Waals surface area contributed by atoms with Gasteiger partial charge in [0.2, 0.25) is 0 Å². The van der Waals surface area contributed by atoms with E-state index in [0.717, 1.165) is 16.8 Å². The van der Waals surface area contributed by atoms with Crippen LogP contribution < -0.4 is 10.6 Å². The molecular weight excluding hydrogens is 307 g/mol. The Bertz CT molecular complexity index is 671. The highest BCUT2D eigenvalue weighted by Crippen LogP contribution is 2.27. The summed E-state index contributed by atoms with van der Waals surface area (Å²) < 4.78 is 0. The highest BCUT2D eigenvalue weighted by molar-refractivity contribution is 6.42. The zero-order chi connectivity index (χ0) is 15.4. The number of halogens is 2. The minimum absolute atomic E-state index is 0.100. The fraction of sp³-hybridized carbons (Fsp3) is 0.188. The quantitative estimate of drug-likeness (QED) is 0.882. The minimum atomic E-state index is -0.100. The first-order valence-corrected chi connectivity index (χ1v) is 7.28. The van der Waals surface area contributed by atoms with Crippen LogP contribution in [0.3, 0.4) is 0 Å². The maximum absolute atomic E-state index is 11.8. The van der Waals surface area contributed by atoms with Gasteiger partial charge in [0.15, 0.2) is 0 Å². The molecule has 2 N–H and O–H groups in total. The van der Waals surface area contributed by atoms with E-state index in [9.17, 15) is 4.79 Å². The summed E-state index contributed by atoms with van der Waals surface area (Å²) in [6, 6.07) is 11.1. The Balaban J connectivity index is 2.21. The van der Waals surface area contributed by atoms with Crippen LogP contribution in [-0.4, -0.2) is 13.0 Å². The molecule has 5 heteroatoms. The zero-order valence-electron chi connectivity index (χ0n) is 11.8. The molecule has 21 heavy (non-hydrogen) atoms. The fourth-order valence-electron chi connectivity index (χ4n) is 2.08. The van der Waals surface area contributed by atoms with E-state index >= 15 is 0 Å². The second-order valence-electron chi connectivity index (χ2n) is 4.62. The van der Waals surface area contributed by atoms with Crippen LogP contribution in [0.2, 0.25) is 10.0 Å². The molecule has 1 amide bonds. The van der Waals surface area contributed by atoms with Gasteiger partial charge < -0.3 is 10.6 Å². The summed E-state index contributed by atoms with van der Waals surface area (Å²) in [6.07, 6.45) is 0. The second kappa shape index (κ2) is 6.83. The van der Waals surface area contributed by atoms with Gasteiger partial charge in [-0.1, -0.05) is 41.4 Å². The van der Waals surface area contributed by atoms with E-state index in [1.54, 1.807) is 19.2 Å². The van der Waals surface area contributed by atoms with Crippen molar-refractivity contribution in [2.75, 3.05) is 12.4 Å². The molecule has 0 radical (unpaired) electrons. The van der Waals surface area contributed by atoms with Crippen molar-refractivity contribution in [1.29, 1.82) is 0 Å². The predicted octanol–water partition coefficient (Wildman–Crippen LogP) is 4.27. The molecular formula is C16H16Cl2N2O.